The Morgan fingerprint density at radius 3 is 1.67 bits per heavy atom. The molecule has 0 bridgehead atoms. The van der Waals surface area contributed by atoms with E-state index in [1.807, 2.05) is 84.9 Å². The molecular formula is C22H16ClN3S. The van der Waals surface area contributed by atoms with E-state index in [4.69, 9.17) is 26.6 Å². The standard InChI is InChI=1S/C22H16ClN3S/c23-18-11-13-19(14-12-18)27-15-20-24-21(16-7-3-1-4-8-16)26-22(25-20)17-9-5-2-6-10-17/h1-14H,15H2. The first kappa shape index (κ1) is 17.7. The molecule has 0 saturated heterocycles. The fourth-order valence-electron chi connectivity index (χ4n) is 2.60. The highest BCUT2D eigenvalue weighted by Gasteiger charge is 2.10. The molecule has 1 heterocycles. The lowest BCUT2D eigenvalue weighted by Gasteiger charge is -2.08. The van der Waals surface area contributed by atoms with Crippen LogP contribution in [-0.2, 0) is 5.75 Å². The van der Waals surface area contributed by atoms with Crippen molar-refractivity contribution in [2.75, 3.05) is 0 Å². The van der Waals surface area contributed by atoms with Crippen LogP contribution in [0.25, 0.3) is 22.8 Å². The van der Waals surface area contributed by atoms with Gasteiger partial charge in [-0.2, -0.15) is 0 Å². The molecule has 0 fully saturated rings. The second-order valence-corrected chi connectivity index (χ2v) is 7.36. The van der Waals surface area contributed by atoms with E-state index in [1.54, 1.807) is 11.8 Å². The lowest BCUT2D eigenvalue weighted by atomic mass is 10.2. The Kier molecular flexibility index (Phi) is 5.47. The van der Waals surface area contributed by atoms with Crippen LogP contribution in [0.4, 0.5) is 0 Å². The van der Waals surface area contributed by atoms with Gasteiger partial charge >= 0.3 is 0 Å². The molecule has 0 radical (unpaired) electrons. The van der Waals surface area contributed by atoms with E-state index < -0.39 is 0 Å². The molecular weight excluding hydrogens is 374 g/mol. The topological polar surface area (TPSA) is 38.7 Å². The van der Waals surface area contributed by atoms with Crippen LogP contribution >= 0.6 is 23.4 Å². The highest BCUT2D eigenvalue weighted by atomic mass is 35.5. The second kappa shape index (κ2) is 8.33. The van der Waals surface area contributed by atoms with Gasteiger partial charge in [0.15, 0.2) is 11.6 Å². The quantitative estimate of drug-likeness (QED) is 0.383. The van der Waals surface area contributed by atoms with Crippen LogP contribution in [0, 0.1) is 0 Å². The Bertz CT molecular complexity index is 965. The number of halogens is 1. The maximum atomic E-state index is 5.96. The second-order valence-electron chi connectivity index (χ2n) is 5.87. The molecule has 0 atom stereocenters. The summed E-state index contributed by atoms with van der Waals surface area (Å²) in [5.41, 5.74) is 1.96. The predicted molar refractivity (Wildman–Crippen MR) is 112 cm³/mol. The molecule has 0 unspecified atom stereocenters. The summed E-state index contributed by atoms with van der Waals surface area (Å²) >= 11 is 7.64. The van der Waals surface area contributed by atoms with E-state index in [2.05, 4.69) is 0 Å². The van der Waals surface area contributed by atoms with Crippen molar-refractivity contribution in [3.05, 3.63) is 95.8 Å². The van der Waals surface area contributed by atoms with Crippen molar-refractivity contribution in [3.8, 4) is 22.8 Å². The minimum atomic E-state index is 0.657. The Labute approximate surface area is 167 Å². The van der Waals surface area contributed by atoms with Crippen LogP contribution in [0.2, 0.25) is 5.02 Å². The molecule has 0 spiro atoms. The summed E-state index contributed by atoms with van der Waals surface area (Å²) in [6, 6.07) is 27.8. The van der Waals surface area contributed by atoms with Crippen LogP contribution in [0.15, 0.2) is 89.8 Å². The molecule has 3 aromatic carbocycles. The number of benzene rings is 3. The Morgan fingerprint density at radius 1 is 0.630 bits per heavy atom. The van der Waals surface area contributed by atoms with Gasteiger partial charge in [-0.05, 0) is 24.3 Å². The monoisotopic (exact) mass is 389 g/mol. The molecule has 0 aliphatic carbocycles. The van der Waals surface area contributed by atoms with Crippen molar-refractivity contribution in [2.24, 2.45) is 0 Å². The summed E-state index contributed by atoms with van der Waals surface area (Å²) in [5, 5.41) is 0.734. The van der Waals surface area contributed by atoms with Gasteiger partial charge in [-0.1, -0.05) is 72.3 Å². The molecule has 0 saturated carbocycles. The third-order valence-electron chi connectivity index (χ3n) is 3.93. The van der Waals surface area contributed by atoms with Gasteiger partial charge in [0.2, 0.25) is 0 Å². The molecule has 132 valence electrons. The van der Waals surface area contributed by atoms with Gasteiger partial charge in [0.25, 0.3) is 0 Å². The van der Waals surface area contributed by atoms with Crippen molar-refractivity contribution < 1.29 is 0 Å². The van der Waals surface area contributed by atoms with Gasteiger partial charge in [-0.15, -0.1) is 11.8 Å². The van der Waals surface area contributed by atoms with Crippen molar-refractivity contribution >= 4 is 23.4 Å². The van der Waals surface area contributed by atoms with Crippen LogP contribution in [0.5, 0.6) is 0 Å². The zero-order valence-corrected chi connectivity index (χ0v) is 16.0. The molecule has 5 heteroatoms. The van der Waals surface area contributed by atoms with E-state index in [-0.39, 0.29) is 0 Å². The van der Waals surface area contributed by atoms with Crippen molar-refractivity contribution in [1.82, 2.24) is 15.0 Å². The first-order chi connectivity index (χ1) is 13.3. The summed E-state index contributed by atoms with van der Waals surface area (Å²) in [6.45, 7) is 0. The zero-order valence-electron chi connectivity index (χ0n) is 14.4. The molecule has 4 rings (SSSR count). The van der Waals surface area contributed by atoms with Gasteiger partial charge < -0.3 is 0 Å². The third kappa shape index (κ3) is 4.54. The van der Waals surface area contributed by atoms with Gasteiger partial charge in [0.05, 0.1) is 5.75 Å². The van der Waals surface area contributed by atoms with Crippen LogP contribution < -0.4 is 0 Å². The normalized spacial score (nSPS) is 10.7. The SMILES string of the molecule is Clc1ccc(SCc2nc(-c3ccccc3)nc(-c3ccccc3)n2)cc1. The first-order valence-corrected chi connectivity index (χ1v) is 9.88. The van der Waals surface area contributed by atoms with E-state index >= 15 is 0 Å². The summed E-state index contributed by atoms with van der Waals surface area (Å²) in [4.78, 5) is 15.2. The smallest absolute Gasteiger partial charge is 0.163 e. The molecule has 4 aromatic rings. The van der Waals surface area contributed by atoms with Gasteiger partial charge in [0, 0.05) is 21.0 Å². The van der Waals surface area contributed by atoms with Crippen LogP contribution in [-0.4, -0.2) is 15.0 Å². The molecule has 0 aliphatic heterocycles. The molecule has 0 amide bonds. The Balaban J connectivity index is 1.68. The summed E-state index contributed by atoms with van der Waals surface area (Å²) in [7, 11) is 0. The third-order valence-corrected chi connectivity index (χ3v) is 5.19. The summed E-state index contributed by atoms with van der Waals surface area (Å²) < 4.78 is 0. The zero-order chi connectivity index (χ0) is 18.5. The summed E-state index contributed by atoms with van der Waals surface area (Å²) in [6.07, 6.45) is 0. The molecule has 0 N–H and O–H groups in total. The first-order valence-electron chi connectivity index (χ1n) is 8.52. The highest BCUT2D eigenvalue weighted by molar-refractivity contribution is 7.98. The van der Waals surface area contributed by atoms with Crippen molar-refractivity contribution in [1.29, 1.82) is 0 Å². The Hall–Kier alpha value is -2.69. The van der Waals surface area contributed by atoms with Gasteiger partial charge in [0.1, 0.15) is 5.82 Å². The van der Waals surface area contributed by atoms with Crippen LogP contribution in [0.3, 0.4) is 0 Å². The fourth-order valence-corrected chi connectivity index (χ4v) is 3.48. The largest absolute Gasteiger partial charge is 0.212 e. The number of hydrogen-bond donors (Lipinski definition) is 0. The van der Waals surface area contributed by atoms with E-state index in [9.17, 15) is 0 Å². The van der Waals surface area contributed by atoms with Crippen LogP contribution in [0.1, 0.15) is 5.82 Å². The van der Waals surface area contributed by atoms with E-state index in [0.29, 0.717) is 17.4 Å². The van der Waals surface area contributed by atoms with Crippen molar-refractivity contribution in [3.63, 3.8) is 0 Å². The summed E-state index contributed by atoms with van der Waals surface area (Å²) in [5.74, 6) is 2.79. The number of nitrogens with zero attached hydrogens (tertiary/aromatic N) is 3. The van der Waals surface area contributed by atoms with Gasteiger partial charge in [-0.3, -0.25) is 0 Å². The van der Waals surface area contributed by atoms with Gasteiger partial charge in [-0.25, -0.2) is 15.0 Å². The number of hydrogen-bond acceptors (Lipinski definition) is 4. The Morgan fingerprint density at radius 2 is 1.15 bits per heavy atom. The fraction of sp³-hybridized carbons (Fsp3) is 0.0455. The molecule has 3 nitrogen and oxygen atoms in total. The number of aromatic nitrogens is 3. The number of rotatable bonds is 5. The molecule has 0 aliphatic rings. The van der Waals surface area contributed by atoms with E-state index in [1.165, 1.54) is 0 Å². The minimum absolute atomic E-state index is 0.657. The maximum absolute atomic E-state index is 5.96. The average molecular weight is 390 g/mol. The molecule has 1 aromatic heterocycles. The number of thioether (sulfide) groups is 1. The lowest BCUT2D eigenvalue weighted by Crippen LogP contribution is -2.02. The maximum Gasteiger partial charge on any atom is 0.163 e. The van der Waals surface area contributed by atoms with Crippen molar-refractivity contribution in [2.45, 2.75) is 10.6 Å². The molecule has 27 heavy (non-hydrogen) atoms. The average Bonchev–Trinajstić information content (AvgIpc) is 2.74. The lowest BCUT2D eigenvalue weighted by molar-refractivity contribution is 0.978. The predicted octanol–water partition coefficient (Wildman–Crippen LogP) is 6.15. The van der Waals surface area contributed by atoms with E-state index in [0.717, 1.165) is 26.9 Å². The minimum Gasteiger partial charge on any atom is -0.212 e. The highest BCUT2D eigenvalue weighted by Crippen LogP contribution is 2.25.